The Labute approximate surface area is 94.8 Å². The fourth-order valence-electron chi connectivity index (χ4n) is 1.92. The molecule has 82 valence electrons. The van der Waals surface area contributed by atoms with E-state index in [1.807, 2.05) is 36.2 Å². The van der Waals surface area contributed by atoms with Crippen LogP contribution in [0, 0.1) is 11.3 Å². The first kappa shape index (κ1) is 10.5. The van der Waals surface area contributed by atoms with Crippen molar-refractivity contribution in [1.29, 1.82) is 5.26 Å². The van der Waals surface area contributed by atoms with Crippen LogP contribution in [0.3, 0.4) is 0 Å². The maximum atomic E-state index is 8.86. The van der Waals surface area contributed by atoms with Crippen molar-refractivity contribution < 1.29 is 4.74 Å². The van der Waals surface area contributed by atoms with Gasteiger partial charge in [0.1, 0.15) is 0 Å². The van der Waals surface area contributed by atoms with Crippen LogP contribution in [0.15, 0.2) is 29.3 Å². The van der Waals surface area contributed by atoms with Crippen molar-refractivity contribution in [2.24, 2.45) is 4.99 Å². The lowest BCUT2D eigenvalue weighted by Crippen LogP contribution is -2.34. The van der Waals surface area contributed by atoms with Gasteiger partial charge in [-0.2, -0.15) is 10.3 Å². The summed E-state index contributed by atoms with van der Waals surface area (Å²) in [6.07, 6.45) is 0.426. The molecule has 0 N–H and O–H groups in total. The Morgan fingerprint density at radius 1 is 1.50 bits per heavy atom. The van der Waals surface area contributed by atoms with E-state index in [9.17, 15) is 0 Å². The molecule has 0 fully saturated rings. The summed E-state index contributed by atoms with van der Waals surface area (Å²) in [7, 11) is 3.48. The number of para-hydroxylation sites is 1. The molecule has 0 saturated heterocycles. The van der Waals surface area contributed by atoms with Crippen molar-refractivity contribution in [3.63, 3.8) is 0 Å². The third kappa shape index (κ3) is 1.61. The Hall–Kier alpha value is -2.02. The largest absolute Gasteiger partial charge is 0.468 e. The van der Waals surface area contributed by atoms with E-state index < -0.39 is 0 Å². The molecule has 0 amide bonds. The maximum absolute atomic E-state index is 8.86. The highest BCUT2D eigenvalue weighted by molar-refractivity contribution is 5.80. The molecule has 1 aliphatic rings. The fraction of sp³-hybridized carbons (Fsp3) is 0.333. The van der Waals surface area contributed by atoms with Gasteiger partial charge in [0.2, 0.25) is 0 Å². The molecule has 0 saturated carbocycles. The maximum Gasteiger partial charge on any atom is 0.292 e. The van der Waals surface area contributed by atoms with Crippen LogP contribution in [0.5, 0.6) is 0 Å². The lowest BCUT2D eigenvalue weighted by Gasteiger charge is -2.32. The second kappa shape index (κ2) is 4.23. The highest BCUT2D eigenvalue weighted by Crippen LogP contribution is 2.35. The van der Waals surface area contributed by atoms with Crippen molar-refractivity contribution in [2.45, 2.75) is 12.5 Å². The number of ether oxygens (including phenoxy) is 1. The first-order valence-corrected chi connectivity index (χ1v) is 5.09. The van der Waals surface area contributed by atoms with Gasteiger partial charge in [0.25, 0.3) is 6.02 Å². The molecule has 4 heteroatoms. The van der Waals surface area contributed by atoms with Gasteiger partial charge in [-0.3, -0.25) is 0 Å². The van der Waals surface area contributed by atoms with Crippen LogP contribution in [0.25, 0.3) is 0 Å². The molecule has 1 aromatic rings. The smallest absolute Gasteiger partial charge is 0.292 e. The van der Waals surface area contributed by atoms with E-state index in [-0.39, 0.29) is 6.04 Å². The summed E-state index contributed by atoms with van der Waals surface area (Å²) in [4.78, 5) is 6.28. The van der Waals surface area contributed by atoms with E-state index >= 15 is 0 Å². The molecule has 16 heavy (non-hydrogen) atoms. The minimum atomic E-state index is 0.0219. The standard InChI is InChI=1S/C12H13N3O/c1-15-11(7-8-13)9-5-3-4-6-10(9)14-12(15)16-2/h3-6,11H,7H2,1-2H3. The molecule has 1 aromatic carbocycles. The van der Waals surface area contributed by atoms with Gasteiger partial charge in [-0.15, -0.1) is 0 Å². The summed E-state index contributed by atoms with van der Waals surface area (Å²) in [5, 5.41) is 8.86. The van der Waals surface area contributed by atoms with E-state index in [0.717, 1.165) is 11.3 Å². The number of nitriles is 1. The second-order valence-electron chi connectivity index (χ2n) is 3.65. The van der Waals surface area contributed by atoms with Crippen molar-refractivity contribution in [3.05, 3.63) is 29.8 Å². The summed E-state index contributed by atoms with van der Waals surface area (Å²) < 4.78 is 5.20. The van der Waals surface area contributed by atoms with Gasteiger partial charge in [0, 0.05) is 12.6 Å². The van der Waals surface area contributed by atoms with E-state index in [4.69, 9.17) is 10.00 Å². The topological polar surface area (TPSA) is 48.6 Å². The summed E-state index contributed by atoms with van der Waals surface area (Å²) in [5.41, 5.74) is 1.96. The molecule has 1 aliphatic heterocycles. The lowest BCUT2D eigenvalue weighted by molar-refractivity contribution is 0.260. The predicted octanol–water partition coefficient (Wildman–Crippen LogP) is 2.22. The average molecular weight is 215 g/mol. The lowest BCUT2D eigenvalue weighted by atomic mass is 10.00. The van der Waals surface area contributed by atoms with Gasteiger partial charge in [-0.05, 0) is 6.07 Å². The summed E-state index contributed by atoms with van der Waals surface area (Å²) in [6, 6.07) is 10.6. The van der Waals surface area contributed by atoms with E-state index in [2.05, 4.69) is 11.1 Å². The quantitative estimate of drug-likeness (QED) is 0.721. The van der Waals surface area contributed by atoms with Crippen LogP contribution in [0.4, 0.5) is 5.69 Å². The van der Waals surface area contributed by atoms with E-state index in [1.54, 1.807) is 7.11 Å². The molecule has 0 radical (unpaired) electrons. The van der Waals surface area contributed by atoms with Gasteiger partial charge in [0.15, 0.2) is 0 Å². The number of amidine groups is 1. The predicted molar refractivity (Wildman–Crippen MR) is 61.3 cm³/mol. The Morgan fingerprint density at radius 2 is 2.25 bits per heavy atom. The zero-order valence-electron chi connectivity index (χ0n) is 9.34. The zero-order valence-corrected chi connectivity index (χ0v) is 9.34. The fourth-order valence-corrected chi connectivity index (χ4v) is 1.92. The molecule has 0 spiro atoms. The average Bonchev–Trinajstić information content (AvgIpc) is 2.32. The number of benzene rings is 1. The molecular formula is C12H13N3O. The van der Waals surface area contributed by atoms with Crippen LogP contribution in [-0.4, -0.2) is 25.1 Å². The van der Waals surface area contributed by atoms with Gasteiger partial charge < -0.3 is 9.64 Å². The van der Waals surface area contributed by atoms with E-state index in [1.165, 1.54) is 0 Å². The van der Waals surface area contributed by atoms with Crippen molar-refractivity contribution in [1.82, 2.24) is 4.90 Å². The second-order valence-corrected chi connectivity index (χ2v) is 3.65. The Morgan fingerprint density at radius 3 is 2.94 bits per heavy atom. The molecule has 0 aliphatic carbocycles. The monoisotopic (exact) mass is 215 g/mol. The Balaban J connectivity index is 2.49. The summed E-state index contributed by atoms with van der Waals surface area (Å²) in [5.74, 6) is 0. The van der Waals surface area contributed by atoms with Crippen LogP contribution in [0.1, 0.15) is 18.0 Å². The first-order chi connectivity index (χ1) is 7.77. The Kier molecular flexibility index (Phi) is 2.78. The van der Waals surface area contributed by atoms with Crippen molar-refractivity contribution in [3.8, 4) is 6.07 Å². The van der Waals surface area contributed by atoms with Crippen molar-refractivity contribution >= 4 is 11.7 Å². The normalized spacial score (nSPS) is 18.4. The summed E-state index contributed by atoms with van der Waals surface area (Å²) in [6.45, 7) is 0. The third-order valence-electron chi connectivity index (χ3n) is 2.75. The van der Waals surface area contributed by atoms with Crippen LogP contribution >= 0.6 is 0 Å². The van der Waals surface area contributed by atoms with Gasteiger partial charge in [-0.1, -0.05) is 18.2 Å². The molecule has 1 atom stereocenters. The number of aliphatic imine (C=N–C) groups is 1. The summed E-state index contributed by atoms with van der Waals surface area (Å²) >= 11 is 0. The minimum Gasteiger partial charge on any atom is -0.468 e. The number of hydrogen-bond donors (Lipinski definition) is 0. The minimum absolute atomic E-state index is 0.0219. The molecule has 1 heterocycles. The number of hydrogen-bond acceptors (Lipinski definition) is 4. The number of fused-ring (bicyclic) bond motifs is 1. The van der Waals surface area contributed by atoms with Crippen LogP contribution in [-0.2, 0) is 4.74 Å². The molecule has 0 bridgehead atoms. The molecular weight excluding hydrogens is 202 g/mol. The molecule has 4 nitrogen and oxygen atoms in total. The van der Waals surface area contributed by atoms with Gasteiger partial charge >= 0.3 is 0 Å². The molecule has 0 aromatic heterocycles. The van der Waals surface area contributed by atoms with Gasteiger partial charge in [-0.25, -0.2) is 0 Å². The SMILES string of the molecule is COC1=Nc2ccccc2C(CC#N)N1C. The first-order valence-electron chi connectivity index (χ1n) is 5.09. The highest BCUT2D eigenvalue weighted by Gasteiger charge is 2.27. The van der Waals surface area contributed by atoms with Gasteiger partial charge in [0.05, 0.1) is 31.3 Å². The highest BCUT2D eigenvalue weighted by atomic mass is 16.5. The van der Waals surface area contributed by atoms with Crippen LogP contribution < -0.4 is 0 Å². The van der Waals surface area contributed by atoms with Crippen LogP contribution in [0.2, 0.25) is 0 Å². The third-order valence-corrected chi connectivity index (χ3v) is 2.75. The molecule has 2 rings (SSSR count). The van der Waals surface area contributed by atoms with E-state index in [0.29, 0.717) is 12.4 Å². The number of nitrogens with zero attached hydrogens (tertiary/aromatic N) is 3. The van der Waals surface area contributed by atoms with Crippen molar-refractivity contribution in [2.75, 3.05) is 14.2 Å². The number of methoxy groups -OCH3 is 1. The Bertz CT molecular complexity index is 462. The number of rotatable bonds is 1. The zero-order chi connectivity index (χ0) is 11.5. The molecule has 1 unspecified atom stereocenters.